The first-order valence-electron chi connectivity index (χ1n) is 6.84. The van der Waals surface area contributed by atoms with Crippen molar-refractivity contribution in [3.05, 3.63) is 11.6 Å². The van der Waals surface area contributed by atoms with Gasteiger partial charge in [0, 0.05) is 6.04 Å². The van der Waals surface area contributed by atoms with Gasteiger partial charge in [-0.3, -0.25) is 0 Å². The molecule has 1 fully saturated rings. The van der Waals surface area contributed by atoms with Crippen molar-refractivity contribution in [3.63, 3.8) is 0 Å². The quantitative estimate of drug-likeness (QED) is 0.696. The average molecular weight is 207 g/mol. The summed E-state index contributed by atoms with van der Waals surface area (Å²) in [6.07, 6.45) is 13.8. The maximum absolute atomic E-state index is 3.69. The van der Waals surface area contributed by atoms with Crippen LogP contribution in [0.3, 0.4) is 0 Å². The van der Waals surface area contributed by atoms with E-state index in [2.05, 4.69) is 18.3 Å². The van der Waals surface area contributed by atoms with E-state index in [1.54, 1.807) is 5.57 Å². The van der Waals surface area contributed by atoms with Crippen molar-refractivity contribution in [2.45, 2.75) is 64.3 Å². The lowest BCUT2D eigenvalue weighted by Crippen LogP contribution is -2.39. The molecular formula is C14H25N. The smallest absolute Gasteiger partial charge is 0.0132 e. The Morgan fingerprint density at radius 1 is 1.20 bits per heavy atom. The highest BCUT2D eigenvalue weighted by Gasteiger charge is 2.27. The summed E-state index contributed by atoms with van der Waals surface area (Å²) < 4.78 is 0. The highest BCUT2D eigenvalue weighted by atomic mass is 14.9. The van der Waals surface area contributed by atoms with Crippen molar-refractivity contribution in [1.29, 1.82) is 0 Å². The second-order valence-electron chi connectivity index (χ2n) is 5.08. The summed E-state index contributed by atoms with van der Waals surface area (Å²) in [5.41, 5.74) is 1.78. The molecule has 0 bridgehead atoms. The monoisotopic (exact) mass is 207 g/mol. The second kappa shape index (κ2) is 5.69. The number of rotatable bonds is 3. The molecule has 2 atom stereocenters. The molecule has 2 rings (SSSR count). The molecule has 15 heavy (non-hydrogen) atoms. The van der Waals surface area contributed by atoms with Crippen LogP contribution in [0.15, 0.2) is 11.6 Å². The van der Waals surface area contributed by atoms with Gasteiger partial charge in [0.1, 0.15) is 0 Å². The Morgan fingerprint density at radius 3 is 2.80 bits per heavy atom. The largest absolute Gasteiger partial charge is 0.314 e. The van der Waals surface area contributed by atoms with Gasteiger partial charge in [0.25, 0.3) is 0 Å². The van der Waals surface area contributed by atoms with Crippen LogP contribution in [0.1, 0.15) is 58.3 Å². The fourth-order valence-corrected chi connectivity index (χ4v) is 3.28. The molecule has 0 amide bonds. The lowest BCUT2D eigenvalue weighted by Gasteiger charge is -2.35. The molecule has 0 heterocycles. The summed E-state index contributed by atoms with van der Waals surface area (Å²) in [5.74, 6) is 0.874. The summed E-state index contributed by atoms with van der Waals surface area (Å²) in [5, 5.41) is 3.69. The van der Waals surface area contributed by atoms with Crippen LogP contribution >= 0.6 is 0 Å². The molecule has 0 saturated heterocycles. The van der Waals surface area contributed by atoms with Gasteiger partial charge in [0.15, 0.2) is 0 Å². The van der Waals surface area contributed by atoms with E-state index < -0.39 is 0 Å². The van der Waals surface area contributed by atoms with Gasteiger partial charge in [-0.2, -0.15) is 0 Å². The Hall–Kier alpha value is -0.300. The Bertz CT molecular complexity index is 217. The average Bonchev–Trinajstić information content (AvgIpc) is 2.31. The SMILES string of the molecule is CCNC1CCCCC1C1=CCCCC1. The summed E-state index contributed by atoms with van der Waals surface area (Å²) in [6.45, 7) is 3.37. The third-order valence-corrected chi connectivity index (χ3v) is 4.03. The molecule has 2 unspecified atom stereocenters. The molecule has 0 aliphatic heterocycles. The molecule has 1 N–H and O–H groups in total. The predicted molar refractivity (Wildman–Crippen MR) is 66.0 cm³/mol. The fourth-order valence-electron chi connectivity index (χ4n) is 3.28. The lowest BCUT2D eigenvalue weighted by molar-refractivity contribution is 0.291. The molecule has 2 aliphatic rings. The molecule has 86 valence electrons. The van der Waals surface area contributed by atoms with Crippen LogP contribution < -0.4 is 5.32 Å². The minimum Gasteiger partial charge on any atom is -0.314 e. The van der Waals surface area contributed by atoms with E-state index in [-0.39, 0.29) is 0 Å². The third-order valence-electron chi connectivity index (χ3n) is 4.03. The predicted octanol–water partition coefficient (Wildman–Crippen LogP) is 3.66. The van der Waals surface area contributed by atoms with E-state index in [0.29, 0.717) is 0 Å². The number of nitrogens with one attached hydrogen (secondary N) is 1. The van der Waals surface area contributed by atoms with Crippen LogP contribution in [-0.4, -0.2) is 12.6 Å². The normalized spacial score (nSPS) is 32.5. The molecule has 1 heteroatoms. The van der Waals surface area contributed by atoms with Crippen molar-refractivity contribution in [2.75, 3.05) is 6.54 Å². The molecule has 0 aromatic carbocycles. The molecule has 0 aromatic heterocycles. The third kappa shape index (κ3) is 2.84. The van der Waals surface area contributed by atoms with E-state index in [1.807, 2.05) is 0 Å². The van der Waals surface area contributed by atoms with Crippen LogP contribution in [0, 0.1) is 5.92 Å². The fraction of sp³-hybridized carbons (Fsp3) is 0.857. The number of hydrogen-bond donors (Lipinski definition) is 1. The van der Waals surface area contributed by atoms with Gasteiger partial charge < -0.3 is 5.32 Å². The Kier molecular flexibility index (Phi) is 4.25. The van der Waals surface area contributed by atoms with Gasteiger partial charge in [-0.05, 0) is 51.0 Å². The molecule has 1 nitrogen and oxygen atoms in total. The van der Waals surface area contributed by atoms with Gasteiger partial charge in [-0.15, -0.1) is 0 Å². The van der Waals surface area contributed by atoms with Gasteiger partial charge in [-0.25, -0.2) is 0 Å². The minimum absolute atomic E-state index is 0.785. The minimum atomic E-state index is 0.785. The zero-order valence-electron chi connectivity index (χ0n) is 10.1. The molecule has 1 saturated carbocycles. The van der Waals surface area contributed by atoms with Crippen molar-refractivity contribution < 1.29 is 0 Å². The summed E-state index contributed by atoms with van der Waals surface area (Å²) >= 11 is 0. The highest BCUT2D eigenvalue weighted by Crippen LogP contribution is 2.34. The first-order chi connectivity index (χ1) is 7.42. The Balaban J connectivity index is 1.99. The lowest BCUT2D eigenvalue weighted by atomic mass is 9.76. The standard InChI is InChI=1S/C14H25N/c1-2-15-14-11-7-6-10-13(14)12-8-4-3-5-9-12/h8,13-15H,2-7,9-11H2,1H3. The van der Waals surface area contributed by atoms with Crippen molar-refractivity contribution >= 4 is 0 Å². The van der Waals surface area contributed by atoms with E-state index in [0.717, 1.165) is 18.5 Å². The zero-order valence-corrected chi connectivity index (χ0v) is 10.1. The zero-order chi connectivity index (χ0) is 10.5. The van der Waals surface area contributed by atoms with Gasteiger partial charge in [-0.1, -0.05) is 31.4 Å². The Labute approximate surface area is 94.3 Å². The van der Waals surface area contributed by atoms with Crippen LogP contribution in [0.4, 0.5) is 0 Å². The van der Waals surface area contributed by atoms with Crippen molar-refractivity contribution in [1.82, 2.24) is 5.32 Å². The molecular weight excluding hydrogens is 182 g/mol. The van der Waals surface area contributed by atoms with E-state index in [9.17, 15) is 0 Å². The van der Waals surface area contributed by atoms with Crippen molar-refractivity contribution in [3.8, 4) is 0 Å². The maximum Gasteiger partial charge on any atom is 0.0132 e. The number of hydrogen-bond acceptors (Lipinski definition) is 1. The first-order valence-corrected chi connectivity index (χ1v) is 6.84. The summed E-state index contributed by atoms with van der Waals surface area (Å²) in [6, 6.07) is 0.785. The highest BCUT2D eigenvalue weighted by molar-refractivity contribution is 5.13. The van der Waals surface area contributed by atoms with Crippen LogP contribution in [0.25, 0.3) is 0 Å². The summed E-state index contributed by atoms with van der Waals surface area (Å²) in [7, 11) is 0. The van der Waals surface area contributed by atoms with Crippen LogP contribution in [-0.2, 0) is 0 Å². The summed E-state index contributed by atoms with van der Waals surface area (Å²) in [4.78, 5) is 0. The molecule has 0 radical (unpaired) electrons. The molecule has 0 spiro atoms. The van der Waals surface area contributed by atoms with Crippen molar-refractivity contribution in [2.24, 2.45) is 5.92 Å². The Morgan fingerprint density at radius 2 is 2.07 bits per heavy atom. The van der Waals surface area contributed by atoms with Crippen LogP contribution in [0.5, 0.6) is 0 Å². The molecule has 0 aromatic rings. The van der Waals surface area contributed by atoms with E-state index in [4.69, 9.17) is 0 Å². The van der Waals surface area contributed by atoms with E-state index in [1.165, 1.54) is 51.4 Å². The maximum atomic E-state index is 3.69. The molecule has 2 aliphatic carbocycles. The van der Waals surface area contributed by atoms with Crippen LogP contribution in [0.2, 0.25) is 0 Å². The second-order valence-corrected chi connectivity index (χ2v) is 5.08. The van der Waals surface area contributed by atoms with E-state index >= 15 is 0 Å². The van der Waals surface area contributed by atoms with Gasteiger partial charge in [0.2, 0.25) is 0 Å². The van der Waals surface area contributed by atoms with Gasteiger partial charge >= 0.3 is 0 Å². The first kappa shape index (κ1) is 11.2. The number of allylic oxidation sites excluding steroid dienone is 1. The van der Waals surface area contributed by atoms with Gasteiger partial charge in [0.05, 0.1) is 0 Å². The topological polar surface area (TPSA) is 12.0 Å².